The van der Waals surface area contributed by atoms with E-state index in [4.69, 9.17) is 0 Å². The highest BCUT2D eigenvalue weighted by molar-refractivity contribution is 5.70. The molecule has 44 valence electrons. The first kappa shape index (κ1) is 4.54. The maximum Gasteiger partial charge on any atom is 0.0425 e. The molecule has 0 unspecified atom stereocenters. The summed E-state index contributed by atoms with van der Waals surface area (Å²) in [4.78, 5) is 4.18. The average molecular weight is 109 g/mol. The van der Waals surface area contributed by atoms with Gasteiger partial charge in [-0.1, -0.05) is 13.8 Å². The van der Waals surface area contributed by atoms with E-state index in [0.29, 0.717) is 5.41 Å². The minimum absolute atomic E-state index is 0.613. The monoisotopic (exact) mass is 109 g/mol. The Balaban J connectivity index is 2.24. The third kappa shape index (κ3) is 0.320. The highest BCUT2D eigenvalue weighted by Crippen LogP contribution is 2.59. The molecule has 0 amide bonds. The van der Waals surface area contributed by atoms with E-state index in [-0.39, 0.29) is 0 Å². The van der Waals surface area contributed by atoms with Crippen molar-refractivity contribution in [3.63, 3.8) is 0 Å². The van der Waals surface area contributed by atoms with Crippen LogP contribution in [0.4, 0.5) is 0 Å². The molecule has 1 aliphatic heterocycles. The van der Waals surface area contributed by atoms with Gasteiger partial charge >= 0.3 is 0 Å². The second kappa shape index (κ2) is 0.996. The Morgan fingerprint density at radius 2 is 2.38 bits per heavy atom. The number of rotatable bonds is 0. The SMILES string of the molecule is CC1(C)[C@H]2C=NC[C@@H]21. The Bertz CT molecular complexity index is 146. The summed E-state index contributed by atoms with van der Waals surface area (Å²) in [5.41, 5.74) is 0.613. The lowest BCUT2D eigenvalue weighted by molar-refractivity contribution is 0.552. The minimum atomic E-state index is 0.613. The standard InChI is InChI=1S/C7H11N/c1-7(2)5-3-8-4-6(5)7/h3,5-6H,4H2,1-2H3/t5-,6-/m0/s1. The second-order valence-corrected chi connectivity index (χ2v) is 3.47. The van der Waals surface area contributed by atoms with Gasteiger partial charge in [-0.05, 0) is 11.3 Å². The van der Waals surface area contributed by atoms with Crippen molar-refractivity contribution in [2.45, 2.75) is 13.8 Å². The number of fused-ring (bicyclic) bond motifs is 1. The highest BCUT2D eigenvalue weighted by atomic mass is 14.9. The summed E-state index contributed by atoms with van der Waals surface area (Å²) in [7, 11) is 0. The van der Waals surface area contributed by atoms with E-state index in [1.165, 1.54) is 0 Å². The number of nitrogens with zero attached hydrogens (tertiary/aromatic N) is 1. The summed E-state index contributed by atoms with van der Waals surface area (Å²) in [6.07, 6.45) is 2.13. The van der Waals surface area contributed by atoms with Crippen LogP contribution in [0.1, 0.15) is 13.8 Å². The lowest BCUT2D eigenvalue weighted by Gasteiger charge is -2.00. The van der Waals surface area contributed by atoms with Gasteiger partial charge in [-0.2, -0.15) is 0 Å². The van der Waals surface area contributed by atoms with Crippen LogP contribution in [-0.2, 0) is 0 Å². The van der Waals surface area contributed by atoms with Crippen LogP contribution >= 0.6 is 0 Å². The molecule has 0 N–H and O–H groups in total. The molecule has 8 heavy (non-hydrogen) atoms. The van der Waals surface area contributed by atoms with Gasteiger partial charge in [0, 0.05) is 18.7 Å². The minimum Gasteiger partial charge on any atom is -0.297 e. The molecule has 1 heteroatoms. The smallest absolute Gasteiger partial charge is 0.0425 e. The van der Waals surface area contributed by atoms with Gasteiger partial charge in [0.15, 0.2) is 0 Å². The van der Waals surface area contributed by atoms with Gasteiger partial charge in [-0.3, -0.25) is 4.99 Å². The van der Waals surface area contributed by atoms with Crippen molar-refractivity contribution in [3.05, 3.63) is 0 Å². The van der Waals surface area contributed by atoms with Crippen LogP contribution < -0.4 is 0 Å². The fourth-order valence-electron chi connectivity index (χ4n) is 1.72. The molecule has 1 heterocycles. The zero-order chi connectivity index (χ0) is 5.78. The van der Waals surface area contributed by atoms with Crippen LogP contribution in [0, 0.1) is 17.3 Å². The molecular formula is C7H11N. The molecule has 1 nitrogen and oxygen atoms in total. The molecule has 2 rings (SSSR count). The van der Waals surface area contributed by atoms with Gasteiger partial charge in [0.1, 0.15) is 0 Å². The first-order chi connectivity index (χ1) is 3.73. The van der Waals surface area contributed by atoms with E-state index in [0.717, 1.165) is 18.4 Å². The number of hydrogen-bond acceptors (Lipinski definition) is 1. The lowest BCUT2D eigenvalue weighted by atomic mass is 10.1. The van der Waals surface area contributed by atoms with Crippen LogP contribution in [0.15, 0.2) is 4.99 Å². The summed E-state index contributed by atoms with van der Waals surface area (Å²) in [5.74, 6) is 1.74. The first-order valence-corrected chi connectivity index (χ1v) is 3.23. The maximum absolute atomic E-state index is 4.18. The van der Waals surface area contributed by atoms with E-state index in [2.05, 4.69) is 25.1 Å². The predicted molar refractivity (Wildman–Crippen MR) is 34.1 cm³/mol. The molecule has 0 radical (unpaired) electrons. The molecule has 0 aromatic carbocycles. The molecule has 0 bridgehead atoms. The van der Waals surface area contributed by atoms with Crippen LogP contribution in [-0.4, -0.2) is 12.8 Å². The van der Waals surface area contributed by atoms with E-state index in [9.17, 15) is 0 Å². The normalized spacial score (nSPS) is 46.8. The number of aliphatic imine (C=N–C) groups is 1. The second-order valence-electron chi connectivity index (χ2n) is 3.47. The number of hydrogen-bond donors (Lipinski definition) is 0. The summed E-state index contributed by atoms with van der Waals surface area (Å²) >= 11 is 0. The van der Waals surface area contributed by atoms with Crippen molar-refractivity contribution >= 4 is 6.21 Å². The van der Waals surface area contributed by atoms with Gasteiger partial charge in [0.05, 0.1) is 0 Å². The van der Waals surface area contributed by atoms with Gasteiger partial charge in [-0.25, -0.2) is 0 Å². The fourth-order valence-corrected chi connectivity index (χ4v) is 1.72. The third-order valence-electron chi connectivity index (χ3n) is 2.71. The third-order valence-corrected chi connectivity index (χ3v) is 2.71. The molecular weight excluding hydrogens is 98.1 g/mol. The molecule has 0 saturated heterocycles. The Kier molecular flexibility index (Phi) is 0.565. The first-order valence-electron chi connectivity index (χ1n) is 3.23. The molecule has 0 aromatic rings. The van der Waals surface area contributed by atoms with Gasteiger partial charge in [-0.15, -0.1) is 0 Å². The Morgan fingerprint density at radius 1 is 1.62 bits per heavy atom. The Morgan fingerprint density at radius 3 is 2.62 bits per heavy atom. The van der Waals surface area contributed by atoms with Crippen molar-refractivity contribution in [1.82, 2.24) is 0 Å². The topological polar surface area (TPSA) is 12.4 Å². The van der Waals surface area contributed by atoms with Crippen LogP contribution in [0.5, 0.6) is 0 Å². The molecule has 1 aliphatic carbocycles. The van der Waals surface area contributed by atoms with Crippen molar-refractivity contribution in [2.24, 2.45) is 22.2 Å². The molecule has 1 fully saturated rings. The van der Waals surface area contributed by atoms with Crippen LogP contribution in [0.2, 0.25) is 0 Å². The Hall–Kier alpha value is -0.330. The quantitative estimate of drug-likeness (QED) is 0.445. The van der Waals surface area contributed by atoms with Crippen molar-refractivity contribution < 1.29 is 0 Å². The summed E-state index contributed by atoms with van der Waals surface area (Å²) < 4.78 is 0. The van der Waals surface area contributed by atoms with Crippen molar-refractivity contribution in [1.29, 1.82) is 0 Å². The van der Waals surface area contributed by atoms with E-state index in [1.54, 1.807) is 0 Å². The van der Waals surface area contributed by atoms with E-state index < -0.39 is 0 Å². The molecule has 0 spiro atoms. The zero-order valence-corrected chi connectivity index (χ0v) is 5.39. The van der Waals surface area contributed by atoms with E-state index >= 15 is 0 Å². The van der Waals surface area contributed by atoms with Gasteiger partial charge in [0.2, 0.25) is 0 Å². The maximum atomic E-state index is 4.18. The highest BCUT2D eigenvalue weighted by Gasteiger charge is 2.58. The lowest BCUT2D eigenvalue weighted by Crippen LogP contribution is -1.96. The Labute approximate surface area is 49.8 Å². The largest absolute Gasteiger partial charge is 0.297 e. The summed E-state index contributed by atoms with van der Waals surface area (Å²) in [6, 6.07) is 0. The molecule has 2 aliphatic rings. The molecule has 2 atom stereocenters. The van der Waals surface area contributed by atoms with Crippen molar-refractivity contribution in [2.75, 3.05) is 6.54 Å². The van der Waals surface area contributed by atoms with Crippen molar-refractivity contribution in [3.8, 4) is 0 Å². The van der Waals surface area contributed by atoms with Gasteiger partial charge in [0.25, 0.3) is 0 Å². The fraction of sp³-hybridized carbons (Fsp3) is 0.857. The molecule has 1 saturated carbocycles. The zero-order valence-electron chi connectivity index (χ0n) is 5.39. The molecule has 0 aromatic heterocycles. The van der Waals surface area contributed by atoms with Crippen LogP contribution in [0.25, 0.3) is 0 Å². The van der Waals surface area contributed by atoms with Crippen LogP contribution in [0.3, 0.4) is 0 Å². The average Bonchev–Trinajstić information content (AvgIpc) is 2.22. The predicted octanol–water partition coefficient (Wildman–Crippen LogP) is 1.34. The summed E-state index contributed by atoms with van der Waals surface area (Å²) in [6.45, 7) is 5.75. The van der Waals surface area contributed by atoms with E-state index in [1.807, 2.05) is 0 Å². The summed E-state index contributed by atoms with van der Waals surface area (Å²) in [5, 5.41) is 0. The van der Waals surface area contributed by atoms with Gasteiger partial charge < -0.3 is 0 Å².